The van der Waals surface area contributed by atoms with Crippen LogP contribution in [0.15, 0.2) is 18.2 Å². The summed E-state index contributed by atoms with van der Waals surface area (Å²) in [6, 6.07) is 4.15. The molecule has 15 heavy (non-hydrogen) atoms. The minimum Gasteiger partial charge on any atom is -0.478 e. The van der Waals surface area contributed by atoms with Crippen molar-refractivity contribution >= 4 is 11.5 Å². The van der Waals surface area contributed by atoms with Crippen LogP contribution in [0.3, 0.4) is 0 Å². The Morgan fingerprint density at radius 1 is 1.40 bits per heavy atom. The fourth-order valence-electron chi connectivity index (χ4n) is 1.84. The predicted octanol–water partition coefficient (Wildman–Crippen LogP) is 1.70. The highest BCUT2D eigenvalue weighted by Gasteiger charge is 2.57. The molecule has 76 valence electrons. The molecule has 3 rings (SSSR count). The molecule has 1 aliphatic heterocycles. The van der Waals surface area contributed by atoms with Gasteiger partial charge in [0, 0.05) is 12.1 Å². The summed E-state index contributed by atoms with van der Waals surface area (Å²) in [6.07, 6.45) is 1.43. The number of hydrogen-bond donors (Lipinski definition) is 0. The lowest BCUT2D eigenvalue weighted by molar-refractivity contribution is -0.384. The van der Waals surface area contributed by atoms with Crippen LogP contribution in [0.1, 0.15) is 23.2 Å². The SMILES string of the molecule is O=C1c2cc([N+](=O)[O-])ccc2OC12CC2. The van der Waals surface area contributed by atoms with E-state index in [9.17, 15) is 14.9 Å². The number of ketones is 1. The van der Waals surface area contributed by atoms with Crippen molar-refractivity contribution in [2.24, 2.45) is 0 Å². The van der Waals surface area contributed by atoms with Gasteiger partial charge in [-0.1, -0.05) is 0 Å². The number of rotatable bonds is 1. The second-order valence-corrected chi connectivity index (χ2v) is 3.86. The predicted molar refractivity (Wildman–Crippen MR) is 50.0 cm³/mol. The molecular formula is C10H7NO4. The van der Waals surface area contributed by atoms with Crippen LogP contribution < -0.4 is 4.74 Å². The molecule has 1 aromatic rings. The summed E-state index contributed by atoms with van der Waals surface area (Å²) < 4.78 is 5.48. The van der Waals surface area contributed by atoms with E-state index < -0.39 is 10.5 Å². The number of carbonyl (C=O) groups is 1. The van der Waals surface area contributed by atoms with Crippen LogP contribution in [0.2, 0.25) is 0 Å². The van der Waals surface area contributed by atoms with Gasteiger partial charge in [-0.15, -0.1) is 0 Å². The second kappa shape index (κ2) is 2.36. The standard InChI is InChI=1S/C10H7NO4/c12-9-7-5-6(11(13)14)1-2-8(7)15-10(9)3-4-10/h1-2,5H,3-4H2. The molecular weight excluding hydrogens is 198 g/mol. The molecule has 2 aliphatic rings. The van der Waals surface area contributed by atoms with Crippen molar-refractivity contribution < 1.29 is 14.5 Å². The number of nitro groups is 1. The third kappa shape index (κ3) is 1.000. The number of nitrogens with zero attached hydrogens (tertiary/aromatic N) is 1. The number of non-ortho nitro benzene ring substituents is 1. The van der Waals surface area contributed by atoms with Crippen molar-refractivity contribution in [1.82, 2.24) is 0 Å². The Kier molecular flexibility index (Phi) is 1.32. The fourth-order valence-corrected chi connectivity index (χ4v) is 1.84. The smallest absolute Gasteiger partial charge is 0.270 e. The maximum atomic E-state index is 11.8. The van der Waals surface area contributed by atoms with E-state index in [-0.39, 0.29) is 11.5 Å². The highest BCUT2D eigenvalue weighted by Crippen LogP contribution is 2.50. The summed E-state index contributed by atoms with van der Waals surface area (Å²) in [5.74, 6) is 0.365. The van der Waals surface area contributed by atoms with E-state index >= 15 is 0 Å². The van der Waals surface area contributed by atoms with Crippen LogP contribution in [0.25, 0.3) is 0 Å². The van der Waals surface area contributed by atoms with Gasteiger partial charge < -0.3 is 4.74 Å². The van der Waals surface area contributed by atoms with E-state index in [2.05, 4.69) is 0 Å². The Morgan fingerprint density at radius 2 is 2.13 bits per heavy atom. The van der Waals surface area contributed by atoms with Gasteiger partial charge in [-0.25, -0.2) is 0 Å². The Balaban J connectivity index is 2.11. The molecule has 1 heterocycles. The van der Waals surface area contributed by atoms with E-state index in [4.69, 9.17) is 4.74 Å². The third-order valence-electron chi connectivity index (χ3n) is 2.84. The van der Waals surface area contributed by atoms with Crippen molar-refractivity contribution in [2.75, 3.05) is 0 Å². The summed E-state index contributed by atoms with van der Waals surface area (Å²) in [6.45, 7) is 0. The summed E-state index contributed by atoms with van der Waals surface area (Å²) in [4.78, 5) is 21.8. The summed E-state index contributed by atoms with van der Waals surface area (Å²) in [7, 11) is 0. The average Bonchev–Trinajstić information content (AvgIpc) is 2.92. The number of Topliss-reactive ketones (excluding diaryl/α,β-unsaturated/α-hetero) is 1. The zero-order valence-corrected chi connectivity index (χ0v) is 7.73. The molecule has 0 radical (unpaired) electrons. The first-order chi connectivity index (χ1) is 7.12. The largest absolute Gasteiger partial charge is 0.478 e. The highest BCUT2D eigenvalue weighted by atomic mass is 16.6. The lowest BCUT2D eigenvalue weighted by atomic mass is 10.1. The molecule has 1 aliphatic carbocycles. The molecule has 0 unspecified atom stereocenters. The monoisotopic (exact) mass is 205 g/mol. The van der Waals surface area contributed by atoms with E-state index in [1.165, 1.54) is 18.2 Å². The lowest BCUT2D eigenvalue weighted by Gasteiger charge is -2.03. The molecule has 0 amide bonds. The van der Waals surface area contributed by atoms with E-state index in [1.807, 2.05) is 0 Å². The van der Waals surface area contributed by atoms with Crippen molar-refractivity contribution in [2.45, 2.75) is 18.4 Å². The topological polar surface area (TPSA) is 69.4 Å². The normalized spacial score (nSPS) is 19.9. The number of nitro benzene ring substituents is 1. The number of fused-ring (bicyclic) bond motifs is 1. The quantitative estimate of drug-likeness (QED) is 0.516. The van der Waals surface area contributed by atoms with Gasteiger partial charge in [0.15, 0.2) is 5.60 Å². The third-order valence-corrected chi connectivity index (χ3v) is 2.84. The van der Waals surface area contributed by atoms with E-state index in [1.54, 1.807) is 0 Å². The van der Waals surface area contributed by atoms with Crippen molar-refractivity contribution in [3.63, 3.8) is 0 Å². The molecule has 0 saturated heterocycles. The van der Waals surface area contributed by atoms with Gasteiger partial charge in [0.05, 0.1) is 10.5 Å². The number of ether oxygens (including phenoxy) is 1. The highest BCUT2D eigenvalue weighted by molar-refractivity contribution is 6.09. The van der Waals surface area contributed by atoms with Crippen LogP contribution in [0, 0.1) is 10.1 Å². The van der Waals surface area contributed by atoms with Crippen molar-refractivity contribution in [3.8, 4) is 5.75 Å². The summed E-state index contributed by atoms with van der Waals surface area (Å²) in [5, 5.41) is 10.5. The first kappa shape index (κ1) is 8.40. The van der Waals surface area contributed by atoms with Gasteiger partial charge in [-0.05, 0) is 18.9 Å². The average molecular weight is 205 g/mol. The Labute approximate surface area is 84.8 Å². The molecule has 1 saturated carbocycles. The molecule has 0 N–H and O–H groups in total. The van der Waals surface area contributed by atoms with Gasteiger partial charge in [0.25, 0.3) is 5.69 Å². The van der Waals surface area contributed by atoms with Gasteiger partial charge >= 0.3 is 0 Å². The molecule has 5 heteroatoms. The summed E-state index contributed by atoms with van der Waals surface area (Å²) >= 11 is 0. The molecule has 1 spiro atoms. The van der Waals surface area contributed by atoms with Crippen LogP contribution in [0.4, 0.5) is 5.69 Å². The minimum absolute atomic E-state index is 0.0663. The Hall–Kier alpha value is -1.91. The number of hydrogen-bond acceptors (Lipinski definition) is 4. The van der Waals surface area contributed by atoms with E-state index in [0.717, 1.165) is 0 Å². The maximum Gasteiger partial charge on any atom is 0.270 e. The minimum atomic E-state index is -0.669. The van der Waals surface area contributed by atoms with Crippen molar-refractivity contribution in [1.29, 1.82) is 0 Å². The van der Waals surface area contributed by atoms with Gasteiger partial charge in [-0.2, -0.15) is 0 Å². The fraction of sp³-hybridized carbons (Fsp3) is 0.300. The molecule has 0 atom stereocenters. The van der Waals surface area contributed by atoms with Crippen LogP contribution >= 0.6 is 0 Å². The molecule has 1 aromatic carbocycles. The molecule has 1 fully saturated rings. The molecule has 0 bridgehead atoms. The molecule has 5 nitrogen and oxygen atoms in total. The Bertz CT molecular complexity index is 490. The van der Waals surface area contributed by atoms with E-state index in [0.29, 0.717) is 24.2 Å². The second-order valence-electron chi connectivity index (χ2n) is 3.86. The first-order valence-corrected chi connectivity index (χ1v) is 4.65. The van der Waals surface area contributed by atoms with Crippen LogP contribution in [-0.2, 0) is 0 Å². The maximum absolute atomic E-state index is 11.8. The number of benzene rings is 1. The lowest BCUT2D eigenvalue weighted by Crippen LogP contribution is -2.21. The summed E-state index contributed by atoms with van der Waals surface area (Å²) in [5.41, 5.74) is -0.387. The van der Waals surface area contributed by atoms with Gasteiger partial charge in [-0.3, -0.25) is 14.9 Å². The Morgan fingerprint density at radius 3 is 2.73 bits per heavy atom. The zero-order valence-electron chi connectivity index (χ0n) is 7.73. The van der Waals surface area contributed by atoms with Crippen molar-refractivity contribution in [3.05, 3.63) is 33.9 Å². The van der Waals surface area contributed by atoms with Crippen LogP contribution in [0.5, 0.6) is 5.75 Å². The van der Waals surface area contributed by atoms with Gasteiger partial charge in [0.1, 0.15) is 5.75 Å². The first-order valence-electron chi connectivity index (χ1n) is 4.65. The zero-order chi connectivity index (χ0) is 10.6. The molecule has 0 aromatic heterocycles. The van der Waals surface area contributed by atoms with Gasteiger partial charge in [0.2, 0.25) is 5.78 Å². The van der Waals surface area contributed by atoms with Crippen LogP contribution in [-0.4, -0.2) is 16.3 Å². The number of carbonyl (C=O) groups excluding carboxylic acids is 1.